The van der Waals surface area contributed by atoms with E-state index in [1.165, 1.54) is 11.8 Å². The summed E-state index contributed by atoms with van der Waals surface area (Å²) in [6.07, 6.45) is 3.38. The lowest BCUT2D eigenvalue weighted by Gasteiger charge is -2.14. The molecule has 2 heterocycles. The number of aryl methyl sites for hydroxylation is 4. The first-order chi connectivity index (χ1) is 14.3. The summed E-state index contributed by atoms with van der Waals surface area (Å²) >= 11 is 1.34. The minimum absolute atomic E-state index is 0.154. The Bertz CT molecular complexity index is 1070. The minimum Gasteiger partial charge on any atom is -0.461 e. The molecule has 0 aliphatic rings. The molecule has 0 spiro atoms. The molecule has 1 aromatic carbocycles. The predicted octanol–water partition coefficient (Wildman–Crippen LogP) is 4.06. The number of amides is 2. The van der Waals surface area contributed by atoms with Crippen LogP contribution in [0.2, 0.25) is 0 Å². The highest BCUT2D eigenvalue weighted by Gasteiger charge is 2.20. The Morgan fingerprint density at radius 3 is 2.40 bits per heavy atom. The molecule has 0 bridgehead atoms. The molecule has 0 aliphatic heterocycles. The summed E-state index contributed by atoms with van der Waals surface area (Å²) in [5.41, 5.74) is 4.74. The molecule has 156 valence electrons. The summed E-state index contributed by atoms with van der Waals surface area (Å²) in [6, 6.07) is 7.53. The average molecular weight is 425 g/mol. The van der Waals surface area contributed by atoms with Crippen LogP contribution in [0, 0.1) is 27.7 Å². The van der Waals surface area contributed by atoms with Gasteiger partial charge >= 0.3 is 0 Å². The molecule has 8 heteroatoms. The largest absolute Gasteiger partial charge is 0.461 e. The van der Waals surface area contributed by atoms with E-state index >= 15 is 0 Å². The first-order valence-electron chi connectivity index (χ1n) is 9.42. The number of hydrogen-bond acceptors (Lipinski definition) is 6. The predicted molar refractivity (Wildman–Crippen MR) is 118 cm³/mol. The van der Waals surface area contributed by atoms with Crippen molar-refractivity contribution in [3.05, 3.63) is 58.5 Å². The van der Waals surface area contributed by atoms with E-state index in [2.05, 4.69) is 20.6 Å². The van der Waals surface area contributed by atoms with Gasteiger partial charge in [0, 0.05) is 5.69 Å². The van der Waals surface area contributed by atoms with Crippen molar-refractivity contribution in [3.8, 4) is 11.6 Å². The number of nitrogens with zero attached hydrogens (tertiary/aromatic N) is 2. The van der Waals surface area contributed by atoms with Gasteiger partial charge in [0.1, 0.15) is 5.03 Å². The third kappa shape index (κ3) is 4.71. The number of carbonyl (C=O) groups is 2. The molecule has 3 rings (SSSR count). The highest BCUT2D eigenvalue weighted by atomic mass is 32.2. The van der Waals surface area contributed by atoms with Crippen LogP contribution in [0.25, 0.3) is 11.6 Å². The second kappa shape index (κ2) is 9.13. The normalized spacial score (nSPS) is 10.7. The molecule has 0 radical (unpaired) electrons. The first-order valence-corrected chi connectivity index (χ1v) is 10.6. The van der Waals surface area contributed by atoms with Crippen molar-refractivity contribution in [3.63, 3.8) is 0 Å². The lowest BCUT2D eigenvalue weighted by atomic mass is 10.1. The summed E-state index contributed by atoms with van der Waals surface area (Å²) in [5.74, 6) is 0.260. The van der Waals surface area contributed by atoms with Crippen LogP contribution in [0.3, 0.4) is 0 Å². The molecule has 3 aromatic rings. The molecule has 0 atom stereocenters. The van der Waals surface area contributed by atoms with Gasteiger partial charge in [0.2, 0.25) is 5.91 Å². The fourth-order valence-electron chi connectivity index (χ4n) is 3.28. The highest BCUT2D eigenvalue weighted by molar-refractivity contribution is 7.98. The van der Waals surface area contributed by atoms with E-state index in [0.29, 0.717) is 27.9 Å². The van der Waals surface area contributed by atoms with E-state index in [1.807, 2.05) is 39.2 Å². The van der Waals surface area contributed by atoms with Crippen molar-refractivity contribution in [1.29, 1.82) is 0 Å². The Kier molecular flexibility index (Phi) is 6.56. The SMILES string of the molecule is CSc1nc(-c2ccco2)nc(C)c1C(=O)NCC(=O)Nc1c(C)cc(C)cc1C. The molecule has 0 saturated heterocycles. The number of nitrogens with one attached hydrogen (secondary N) is 2. The Labute approximate surface area is 179 Å². The smallest absolute Gasteiger partial charge is 0.256 e. The first kappa shape index (κ1) is 21.6. The van der Waals surface area contributed by atoms with Gasteiger partial charge in [0.05, 0.1) is 24.1 Å². The van der Waals surface area contributed by atoms with Crippen LogP contribution in [0.5, 0.6) is 0 Å². The number of anilines is 1. The van der Waals surface area contributed by atoms with Gasteiger partial charge in [0.25, 0.3) is 5.91 Å². The van der Waals surface area contributed by atoms with Crippen LogP contribution < -0.4 is 10.6 Å². The van der Waals surface area contributed by atoms with E-state index in [9.17, 15) is 9.59 Å². The lowest BCUT2D eigenvalue weighted by Crippen LogP contribution is -2.34. The summed E-state index contributed by atoms with van der Waals surface area (Å²) in [4.78, 5) is 34.0. The van der Waals surface area contributed by atoms with Gasteiger partial charge in [0.15, 0.2) is 11.6 Å². The number of hydrogen-bond donors (Lipinski definition) is 2. The summed E-state index contributed by atoms with van der Waals surface area (Å²) in [6.45, 7) is 7.48. The Hall–Kier alpha value is -3.13. The molecule has 30 heavy (non-hydrogen) atoms. The zero-order valence-corrected chi connectivity index (χ0v) is 18.4. The standard InChI is InChI=1S/C22H24N4O3S/c1-12-9-13(2)19(14(3)10-12)25-17(27)11-23-21(28)18-15(4)24-20(26-22(18)30-5)16-7-6-8-29-16/h6-10H,11H2,1-5H3,(H,23,28)(H,25,27). The van der Waals surface area contributed by atoms with Crippen LogP contribution in [-0.4, -0.2) is 34.6 Å². The third-order valence-electron chi connectivity index (χ3n) is 4.57. The number of aromatic nitrogens is 2. The maximum Gasteiger partial charge on any atom is 0.256 e. The van der Waals surface area contributed by atoms with Gasteiger partial charge in [-0.2, -0.15) is 0 Å². The van der Waals surface area contributed by atoms with Crippen LogP contribution in [0.15, 0.2) is 40.0 Å². The average Bonchev–Trinajstić information content (AvgIpc) is 3.23. The van der Waals surface area contributed by atoms with Gasteiger partial charge in [-0.3, -0.25) is 9.59 Å². The van der Waals surface area contributed by atoms with Crippen molar-refractivity contribution in [2.45, 2.75) is 32.7 Å². The van der Waals surface area contributed by atoms with Gasteiger partial charge in [-0.1, -0.05) is 17.7 Å². The number of carbonyl (C=O) groups excluding carboxylic acids is 2. The van der Waals surface area contributed by atoms with Gasteiger partial charge < -0.3 is 15.1 Å². The molecule has 2 aromatic heterocycles. The molecular weight excluding hydrogens is 400 g/mol. The molecule has 0 unspecified atom stereocenters. The highest BCUT2D eigenvalue weighted by Crippen LogP contribution is 2.25. The van der Waals surface area contributed by atoms with Crippen LogP contribution >= 0.6 is 11.8 Å². The molecule has 0 aliphatic carbocycles. The maximum absolute atomic E-state index is 12.8. The zero-order chi connectivity index (χ0) is 21.8. The molecule has 7 nitrogen and oxygen atoms in total. The number of furan rings is 1. The number of rotatable bonds is 6. The monoisotopic (exact) mass is 424 g/mol. The summed E-state index contributed by atoms with van der Waals surface area (Å²) in [5, 5.41) is 6.08. The van der Waals surface area contributed by atoms with Gasteiger partial charge in [-0.25, -0.2) is 9.97 Å². The van der Waals surface area contributed by atoms with Crippen molar-refractivity contribution in [2.75, 3.05) is 18.1 Å². The molecule has 2 amide bonds. The third-order valence-corrected chi connectivity index (χ3v) is 5.25. The Balaban J connectivity index is 1.72. The van der Waals surface area contributed by atoms with Crippen LogP contribution in [0.4, 0.5) is 5.69 Å². The summed E-state index contributed by atoms with van der Waals surface area (Å²) < 4.78 is 5.35. The van der Waals surface area contributed by atoms with E-state index in [4.69, 9.17) is 4.42 Å². The quantitative estimate of drug-likeness (QED) is 0.457. The van der Waals surface area contributed by atoms with E-state index < -0.39 is 5.91 Å². The van der Waals surface area contributed by atoms with E-state index in [-0.39, 0.29) is 12.5 Å². The minimum atomic E-state index is -0.393. The van der Waals surface area contributed by atoms with Gasteiger partial charge in [-0.05, 0) is 57.2 Å². The maximum atomic E-state index is 12.8. The van der Waals surface area contributed by atoms with Crippen LogP contribution in [0.1, 0.15) is 32.7 Å². The fourth-order valence-corrected chi connectivity index (χ4v) is 3.90. The van der Waals surface area contributed by atoms with E-state index in [1.54, 1.807) is 25.3 Å². The molecular formula is C22H24N4O3S. The zero-order valence-electron chi connectivity index (χ0n) is 17.6. The van der Waals surface area contributed by atoms with Crippen molar-refractivity contribution in [1.82, 2.24) is 15.3 Å². The van der Waals surface area contributed by atoms with E-state index in [0.717, 1.165) is 22.4 Å². The Morgan fingerprint density at radius 2 is 1.80 bits per heavy atom. The second-order valence-corrected chi connectivity index (χ2v) is 7.79. The molecule has 2 N–H and O–H groups in total. The lowest BCUT2D eigenvalue weighted by molar-refractivity contribution is -0.115. The Morgan fingerprint density at radius 1 is 1.10 bits per heavy atom. The van der Waals surface area contributed by atoms with Crippen molar-refractivity contribution < 1.29 is 14.0 Å². The molecule has 0 fully saturated rings. The van der Waals surface area contributed by atoms with Crippen molar-refractivity contribution >= 4 is 29.3 Å². The topological polar surface area (TPSA) is 97.1 Å². The fraction of sp³-hybridized carbons (Fsp3) is 0.273. The molecule has 0 saturated carbocycles. The van der Waals surface area contributed by atoms with Crippen molar-refractivity contribution in [2.24, 2.45) is 0 Å². The number of benzene rings is 1. The number of thioether (sulfide) groups is 1. The summed E-state index contributed by atoms with van der Waals surface area (Å²) in [7, 11) is 0. The second-order valence-electron chi connectivity index (χ2n) is 7.00. The van der Waals surface area contributed by atoms with Crippen LogP contribution in [-0.2, 0) is 4.79 Å². The van der Waals surface area contributed by atoms with Gasteiger partial charge in [-0.15, -0.1) is 11.8 Å².